The number of nitrogens with zero attached hydrogens (tertiary/aromatic N) is 1. The average Bonchev–Trinajstić information content (AvgIpc) is 2.25. The summed E-state index contributed by atoms with van der Waals surface area (Å²) in [4.78, 5) is 2.37. The molecule has 0 radical (unpaired) electrons. The van der Waals surface area contributed by atoms with E-state index >= 15 is 0 Å². The lowest BCUT2D eigenvalue weighted by Gasteiger charge is -2.34. The zero-order valence-corrected chi connectivity index (χ0v) is 9.02. The Bertz CT molecular complexity index is 346. The van der Waals surface area contributed by atoms with Gasteiger partial charge >= 0.3 is 0 Å². The Hall–Kier alpha value is -1.28. The van der Waals surface area contributed by atoms with Crippen molar-refractivity contribution in [1.29, 1.82) is 0 Å². The highest BCUT2D eigenvalue weighted by Gasteiger charge is 2.20. The van der Waals surface area contributed by atoms with Crippen molar-refractivity contribution in [2.75, 3.05) is 18.0 Å². The van der Waals surface area contributed by atoms with Gasteiger partial charge in [0.25, 0.3) is 0 Å². The molecule has 2 heteroatoms. The summed E-state index contributed by atoms with van der Waals surface area (Å²) in [7, 11) is 0. The summed E-state index contributed by atoms with van der Waals surface area (Å²) in [5.74, 6) is 0. The first-order valence-electron chi connectivity index (χ1n) is 5.50. The lowest BCUT2D eigenvalue weighted by Crippen LogP contribution is -2.43. The number of hydrogen-bond donors (Lipinski definition) is 1. The first kappa shape index (κ1) is 10.2. The van der Waals surface area contributed by atoms with E-state index in [0.29, 0.717) is 0 Å². The Labute approximate surface area is 91.4 Å². The van der Waals surface area contributed by atoms with Gasteiger partial charge in [0.15, 0.2) is 0 Å². The molecule has 1 aromatic rings. The highest BCUT2D eigenvalue weighted by Crippen LogP contribution is 2.26. The van der Waals surface area contributed by atoms with E-state index < -0.39 is 0 Å². The minimum Gasteiger partial charge on any atom is -0.369 e. The zero-order valence-electron chi connectivity index (χ0n) is 9.02. The molecule has 2 nitrogen and oxygen atoms in total. The zero-order chi connectivity index (χ0) is 10.7. The Balaban J connectivity index is 2.21. The van der Waals surface area contributed by atoms with Gasteiger partial charge in [-0.3, -0.25) is 0 Å². The second-order valence-corrected chi connectivity index (χ2v) is 4.12. The minimum absolute atomic E-state index is 0.268. The maximum absolute atomic E-state index is 6.04. The first-order chi connectivity index (χ1) is 7.31. The highest BCUT2D eigenvalue weighted by atomic mass is 15.1. The summed E-state index contributed by atoms with van der Waals surface area (Å²) >= 11 is 0. The number of para-hydroxylation sites is 1. The lowest BCUT2D eigenvalue weighted by atomic mass is 9.98. The van der Waals surface area contributed by atoms with Crippen molar-refractivity contribution < 1.29 is 0 Å². The largest absolute Gasteiger partial charge is 0.369 e. The van der Waals surface area contributed by atoms with Crippen molar-refractivity contribution in [2.45, 2.75) is 18.9 Å². The first-order valence-corrected chi connectivity index (χ1v) is 5.50. The van der Waals surface area contributed by atoms with Gasteiger partial charge in [0.1, 0.15) is 0 Å². The molecule has 0 aromatic heterocycles. The van der Waals surface area contributed by atoms with Crippen molar-refractivity contribution in [3.63, 3.8) is 0 Å². The van der Waals surface area contributed by atoms with Gasteiger partial charge in [-0.2, -0.15) is 0 Å². The molecule has 1 aliphatic rings. The van der Waals surface area contributed by atoms with Crippen molar-refractivity contribution in [3.8, 4) is 0 Å². The van der Waals surface area contributed by atoms with Crippen LogP contribution >= 0.6 is 0 Å². The Kier molecular flexibility index (Phi) is 3.07. The van der Waals surface area contributed by atoms with Crippen molar-refractivity contribution in [1.82, 2.24) is 0 Å². The molecule has 0 amide bonds. The van der Waals surface area contributed by atoms with Crippen molar-refractivity contribution >= 4 is 5.69 Å². The quantitative estimate of drug-likeness (QED) is 0.759. The molecule has 0 saturated heterocycles. The molecule has 80 valence electrons. The van der Waals surface area contributed by atoms with Crippen LogP contribution in [0.2, 0.25) is 0 Å². The molecule has 0 bridgehead atoms. The molecule has 1 aromatic carbocycles. The molecule has 0 spiro atoms. The molecule has 1 aliphatic heterocycles. The predicted octanol–water partition coefficient (Wildman–Crippen LogP) is 1.95. The van der Waals surface area contributed by atoms with Crippen LogP contribution in [0.5, 0.6) is 0 Å². The molecule has 0 aliphatic carbocycles. The number of benzene rings is 1. The molecule has 15 heavy (non-hydrogen) atoms. The van der Waals surface area contributed by atoms with Crippen molar-refractivity contribution in [2.24, 2.45) is 5.73 Å². The molecule has 2 N–H and O–H groups in total. The van der Waals surface area contributed by atoms with Crippen molar-refractivity contribution in [3.05, 3.63) is 42.5 Å². The fraction of sp³-hybridized carbons (Fsp3) is 0.385. The predicted molar refractivity (Wildman–Crippen MR) is 65.1 cm³/mol. The molecular weight excluding hydrogens is 184 g/mol. The van der Waals surface area contributed by atoms with Crippen LogP contribution in [0.25, 0.3) is 0 Å². The van der Waals surface area contributed by atoms with Gasteiger partial charge in [0, 0.05) is 24.8 Å². The summed E-state index contributed by atoms with van der Waals surface area (Å²) in [6.45, 7) is 5.75. The van der Waals surface area contributed by atoms with Gasteiger partial charge in [-0.1, -0.05) is 24.3 Å². The van der Waals surface area contributed by atoms with Gasteiger partial charge in [-0.25, -0.2) is 0 Å². The summed E-state index contributed by atoms with van der Waals surface area (Å²) in [6, 6.07) is 8.81. The van der Waals surface area contributed by atoms with Gasteiger partial charge in [-0.15, -0.1) is 6.58 Å². The molecule has 1 heterocycles. The minimum atomic E-state index is 0.268. The molecule has 1 atom stereocenters. The topological polar surface area (TPSA) is 29.3 Å². The van der Waals surface area contributed by atoms with Crippen LogP contribution in [0.15, 0.2) is 36.9 Å². The number of hydrogen-bond acceptors (Lipinski definition) is 2. The standard InChI is InChI=1S/C13H18N2/c1-2-3-8-15-10-12(14)9-11-6-4-5-7-13(11)15/h2,4-7,12H,1,3,8-10,14H2. The van der Waals surface area contributed by atoms with Crippen LogP contribution in [-0.4, -0.2) is 19.1 Å². The van der Waals surface area contributed by atoms with Crippen LogP contribution in [0.4, 0.5) is 5.69 Å². The van der Waals surface area contributed by atoms with Crippen LogP contribution in [-0.2, 0) is 6.42 Å². The van der Waals surface area contributed by atoms with Gasteiger partial charge in [0.2, 0.25) is 0 Å². The van der Waals surface area contributed by atoms with E-state index in [1.54, 1.807) is 0 Å². The highest BCUT2D eigenvalue weighted by molar-refractivity contribution is 5.56. The number of nitrogens with two attached hydrogens (primary N) is 1. The van der Waals surface area contributed by atoms with E-state index in [9.17, 15) is 0 Å². The van der Waals surface area contributed by atoms with Crippen LogP contribution in [0, 0.1) is 0 Å². The number of rotatable bonds is 3. The van der Waals surface area contributed by atoms with E-state index in [-0.39, 0.29) is 6.04 Å². The SMILES string of the molecule is C=CCCN1CC(N)Cc2ccccc21. The summed E-state index contributed by atoms with van der Waals surface area (Å²) in [6.07, 6.45) is 3.98. The Morgan fingerprint density at radius 2 is 2.27 bits per heavy atom. The van der Waals surface area contributed by atoms with Gasteiger partial charge in [0.05, 0.1) is 0 Å². The summed E-state index contributed by atoms with van der Waals surface area (Å²) < 4.78 is 0. The monoisotopic (exact) mass is 202 g/mol. The smallest absolute Gasteiger partial charge is 0.0400 e. The molecule has 0 fully saturated rings. The Morgan fingerprint density at radius 1 is 1.47 bits per heavy atom. The van der Waals surface area contributed by atoms with Gasteiger partial charge in [-0.05, 0) is 24.5 Å². The van der Waals surface area contributed by atoms with E-state index in [2.05, 4.69) is 35.7 Å². The number of fused-ring (bicyclic) bond motifs is 1. The molecule has 0 saturated carbocycles. The van der Waals surface area contributed by atoms with E-state index in [4.69, 9.17) is 5.73 Å². The fourth-order valence-electron chi connectivity index (χ4n) is 2.18. The summed E-state index contributed by atoms with van der Waals surface area (Å²) in [5.41, 5.74) is 8.77. The van der Waals surface area contributed by atoms with Crippen LogP contribution in [0.3, 0.4) is 0 Å². The average molecular weight is 202 g/mol. The van der Waals surface area contributed by atoms with E-state index in [1.807, 2.05) is 6.08 Å². The maximum Gasteiger partial charge on any atom is 0.0400 e. The van der Waals surface area contributed by atoms with Crippen LogP contribution in [0.1, 0.15) is 12.0 Å². The summed E-state index contributed by atoms with van der Waals surface area (Å²) in [5, 5.41) is 0. The second kappa shape index (κ2) is 4.49. The lowest BCUT2D eigenvalue weighted by molar-refractivity contribution is 0.601. The normalized spacial score (nSPS) is 19.8. The van der Waals surface area contributed by atoms with Gasteiger partial charge < -0.3 is 10.6 Å². The molecule has 2 rings (SSSR count). The third kappa shape index (κ3) is 2.21. The molecular formula is C13H18N2. The Morgan fingerprint density at radius 3 is 3.07 bits per heavy atom. The maximum atomic E-state index is 6.04. The van der Waals surface area contributed by atoms with Crippen LogP contribution < -0.4 is 10.6 Å². The molecule has 1 unspecified atom stereocenters. The van der Waals surface area contributed by atoms with E-state index in [1.165, 1.54) is 11.3 Å². The third-order valence-corrected chi connectivity index (χ3v) is 2.87. The van der Waals surface area contributed by atoms with E-state index in [0.717, 1.165) is 25.9 Å². The third-order valence-electron chi connectivity index (χ3n) is 2.87. The number of anilines is 1. The fourth-order valence-corrected chi connectivity index (χ4v) is 2.18. The second-order valence-electron chi connectivity index (χ2n) is 4.12.